The minimum Gasteiger partial charge on any atom is -0.388 e. The SMILES string of the molecule is Cc1cc(Cl)cc(C(=O)NC(C)(C)C(C)(C)O)c1. The Kier molecular flexibility index (Phi) is 4.08. The smallest absolute Gasteiger partial charge is 0.251 e. The van der Waals surface area contributed by atoms with Crippen molar-refractivity contribution in [1.29, 1.82) is 0 Å². The van der Waals surface area contributed by atoms with Crippen LogP contribution in [0.3, 0.4) is 0 Å². The fraction of sp³-hybridized carbons (Fsp3) is 0.500. The molecule has 0 saturated carbocycles. The van der Waals surface area contributed by atoms with E-state index in [9.17, 15) is 9.90 Å². The number of hydrogen-bond donors (Lipinski definition) is 2. The second kappa shape index (κ2) is 4.90. The molecule has 1 amide bonds. The highest BCUT2D eigenvalue weighted by Gasteiger charge is 2.36. The lowest BCUT2D eigenvalue weighted by Gasteiger charge is -2.38. The molecule has 2 N–H and O–H groups in total. The number of benzene rings is 1. The second-order valence-electron chi connectivity index (χ2n) is 5.66. The van der Waals surface area contributed by atoms with E-state index < -0.39 is 11.1 Å². The van der Waals surface area contributed by atoms with Gasteiger partial charge in [0.2, 0.25) is 0 Å². The molecule has 0 saturated heterocycles. The minimum atomic E-state index is -1.02. The quantitative estimate of drug-likeness (QED) is 0.886. The molecule has 0 aliphatic carbocycles. The molecule has 0 atom stereocenters. The maximum Gasteiger partial charge on any atom is 0.251 e. The number of hydrogen-bond acceptors (Lipinski definition) is 2. The Hall–Kier alpha value is -1.06. The van der Waals surface area contributed by atoms with Crippen LogP contribution in [0, 0.1) is 6.92 Å². The number of rotatable bonds is 3. The number of amides is 1. The molecule has 18 heavy (non-hydrogen) atoms. The van der Waals surface area contributed by atoms with E-state index in [1.165, 1.54) is 0 Å². The third-order valence-corrected chi connectivity index (χ3v) is 3.48. The van der Waals surface area contributed by atoms with Gasteiger partial charge in [0.25, 0.3) is 5.91 Å². The van der Waals surface area contributed by atoms with Crippen LogP contribution in [0.15, 0.2) is 18.2 Å². The van der Waals surface area contributed by atoms with Crippen LogP contribution < -0.4 is 5.32 Å². The average Bonchev–Trinajstić information content (AvgIpc) is 2.13. The van der Waals surface area contributed by atoms with Gasteiger partial charge in [0.15, 0.2) is 0 Å². The van der Waals surface area contributed by atoms with Gasteiger partial charge in [-0.1, -0.05) is 11.6 Å². The summed E-state index contributed by atoms with van der Waals surface area (Å²) in [6, 6.07) is 5.17. The van der Waals surface area contributed by atoms with Crippen molar-refractivity contribution in [2.24, 2.45) is 0 Å². The van der Waals surface area contributed by atoms with Gasteiger partial charge in [0, 0.05) is 10.6 Å². The molecule has 0 unspecified atom stereocenters. The summed E-state index contributed by atoms with van der Waals surface area (Å²) in [7, 11) is 0. The predicted octanol–water partition coefficient (Wildman–Crippen LogP) is 2.93. The van der Waals surface area contributed by atoms with Crippen LogP contribution in [0.2, 0.25) is 5.02 Å². The highest BCUT2D eigenvalue weighted by Crippen LogP contribution is 2.22. The first-order chi connectivity index (χ1) is 8.03. The van der Waals surface area contributed by atoms with Gasteiger partial charge in [-0.15, -0.1) is 0 Å². The maximum atomic E-state index is 12.1. The number of carbonyl (C=O) groups excluding carboxylic acids is 1. The fourth-order valence-corrected chi connectivity index (χ4v) is 1.67. The normalized spacial score (nSPS) is 12.4. The number of aliphatic hydroxyl groups is 1. The first kappa shape index (κ1) is 15.0. The molecule has 4 heteroatoms. The monoisotopic (exact) mass is 269 g/mol. The Balaban J connectivity index is 2.96. The Bertz CT molecular complexity index is 441. The lowest BCUT2D eigenvalue weighted by molar-refractivity contribution is -0.00292. The number of halogens is 1. The number of carbonyl (C=O) groups is 1. The molecule has 1 aromatic carbocycles. The topological polar surface area (TPSA) is 49.3 Å². The van der Waals surface area contributed by atoms with Gasteiger partial charge in [-0.2, -0.15) is 0 Å². The van der Waals surface area contributed by atoms with Gasteiger partial charge >= 0.3 is 0 Å². The maximum absolute atomic E-state index is 12.1. The summed E-state index contributed by atoms with van der Waals surface area (Å²) in [4.78, 5) is 12.1. The summed E-state index contributed by atoms with van der Waals surface area (Å²) >= 11 is 5.93. The summed E-state index contributed by atoms with van der Waals surface area (Å²) in [6.45, 7) is 8.77. The van der Waals surface area contributed by atoms with Crippen LogP contribution in [0.5, 0.6) is 0 Å². The number of aryl methyl sites for hydroxylation is 1. The summed E-state index contributed by atoms with van der Waals surface area (Å²) < 4.78 is 0. The minimum absolute atomic E-state index is 0.243. The molecular weight excluding hydrogens is 250 g/mol. The van der Waals surface area contributed by atoms with Crippen LogP contribution in [-0.4, -0.2) is 22.2 Å². The van der Waals surface area contributed by atoms with Gasteiger partial charge in [-0.25, -0.2) is 0 Å². The van der Waals surface area contributed by atoms with E-state index in [-0.39, 0.29) is 5.91 Å². The first-order valence-corrected chi connectivity index (χ1v) is 6.23. The van der Waals surface area contributed by atoms with Crippen LogP contribution in [0.25, 0.3) is 0 Å². The number of nitrogens with one attached hydrogen (secondary N) is 1. The Labute approximate surface area is 113 Å². The van der Waals surface area contributed by atoms with Crippen molar-refractivity contribution in [2.45, 2.75) is 45.8 Å². The average molecular weight is 270 g/mol. The Morgan fingerprint density at radius 3 is 2.22 bits per heavy atom. The molecule has 100 valence electrons. The van der Waals surface area contributed by atoms with E-state index in [0.717, 1.165) is 5.56 Å². The highest BCUT2D eigenvalue weighted by atomic mass is 35.5. The van der Waals surface area contributed by atoms with Gasteiger partial charge in [0.05, 0.1) is 11.1 Å². The molecule has 0 aliphatic rings. The van der Waals surface area contributed by atoms with E-state index in [1.54, 1.807) is 45.9 Å². The van der Waals surface area contributed by atoms with Crippen molar-refractivity contribution >= 4 is 17.5 Å². The van der Waals surface area contributed by atoms with Gasteiger partial charge < -0.3 is 10.4 Å². The zero-order chi connectivity index (χ0) is 14.1. The van der Waals surface area contributed by atoms with Crippen molar-refractivity contribution < 1.29 is 9.90 Å². The van der Waals surface area contributed by atoms with E-state index in [0.29, 0.717) is 10.6 Å². The zero-order valence-electron chi connectivity index (χ0n) is 11.5. The summed E-state index contributed by atoms with van der Waals surface area (Å²) in [5.74, 6) is -0.243. The Morgan fingerprint density at radius 1 is 1.22 bits per heavy atom. The summed E-state index contributed by atoms with van der Waals surface area (Å²) in [6.07, 6.45) is 0. The molecule has 0 fully saturated rings. The molecule has 1 rings (SSSR count). The summed E-state index contributed by atoms with van der Waals surface area (Å²) in [5.41, 5.74) is -0.331. The lowest BCUT2D eigenvalue weighted by atomic mass is 9.85. The predicted molar refractivity (Wildman–Crippen MR) is 74.0 cm³/mol. The summed E-state index contributed by atoms with van der Waals surface area (Å²) in [5, 5.41) is 13.4. The highest BCUT2D eigenvalue weighted by molar-refractivity contribution is 6.31. The molecular formula is C14H20ClNO2. The molecule has 0 heterocycles. The molecule has 0 radical (unpaired) electrons. The largest absolute Gasteiger partial charge is 0.388 e. The molecule has 0 spiro atoms. The standard InChI is InChI=1S/C14H20ClNO2/c1-9-6-10(8-11(15)7-9)12(17)16-13(2,3)14(4,5)18/h6-8,18H,1-5H3,(H,16,17). The molecule has 0 aliphatic heterocycles. The van der Waals surface area contributed by atoms with Crippen LogP contribution in [0.1, 0.15) is 43.6 Å². The van der Waals surface area contributed by atoms with E-state index in [1.807, 2.05) is 6.92 Å². The molecule has 0 bridgehead atoms. The van der Waals surface area contributed by atoms with Gasteiger partial charge in [-0.05, 0) is 58.4 Å². The van der Waals surface area contributed by atoms with Crippen LogP contribution >= 0.6 is 11.6 Å². The Morgan fingerprint density at radius 2 is 1.78 bits per heavy atom. The lowest BCUT2D eigenvalue weighted by Crippen LogP contribution is -2.57. The third-order valence-electron chi connectivity index (χ3n) is 3.26. The van der Waals surface area contributed by atoms with Gasteiger partial charge in [-0.3, -0.25) is 4.79 Å². The van der Waals surface area contributed by atoms with Crippen molar-refractivity contribution in [3.63, 3.8) is 0 Å². The third kappa shape index (κ3) is 3.47. The fourth-order valence-electron chi connectivity index (χ4n) is 1.38. The van der Waals surface area contributed by atoms with Gasteiger partial charge in [0.1, 0.15) is 0 Å². The molecule has 1 aromatic rings. The van der Waals surface area contributed by atoms with Crippen molar-refractivity contribution in [1.82, 2.24) is 5.32 Å². The van der Waals surface area contributed by atoms with E-state index in [4.69, 9.17) is 11.6 Å². The molecule has 3 nitrogen and oxygen atoms in total. The molecule has 0 aromatic heterocycles. The van der Waals surface area contributed by atoms with Crippen molar-refractivity contribution in [3.05, 3.63) is 34.3 Å². The van der Waals surface area contributed by atoms with Crippen LogP contribution in [-0.2, 0) is 0 Å². The van der Waals surface area contributed by atoms with Crippen LogP contribution in [0.4, 0.5) is 0 Å². The van der Waals surface area contributed by atoms with E-state index >= 15 is 0 Å². The van der Waals surface area contributed by atoms with Crippen molar-refractivity contribution in [2.75, 3.05) is 0 Å². The second-order valence-corrected chi connectivity index (χ2v) is 6.09. The van der Waals surface area contributed by atoms with E-state index in [2.05, 4.69) is 5.32 Å². The first-order valence-electron chi connectivity index (χ1n) is 5.85. The zero-order valence-corrected chi connectivity index (χ0v) is 12.2. The van der Waals surface area contributed by atoms with Crippen molar-refractivity contribution in [3.8, 4) is 0 Å².